The van der Waals surface area contributed by atoms with Crippen molar-refractivity contribution >= 4 is 17.3 Å². The quantitative estimate of drug-likeness (QED) is 0.560. The summed E-state index contributed by atoms with van der Waals surface area (Å²) in [5.74, 6) is -0.256. The lowest BCUT2D eigenvalue weighted by molar-refractivity contribution is -0.385. The second-order valence-electron chi connectivity index (χ2n) is 5.95. The van der Waals surface area contributed by atoms with Crippen LogP contribution in [0.3, 0.4) is 0 Å². The molecular formula is C18H19F2N3O4. The highest BCUT2D eigenvalue weighted by atomic mass is 19.3. The van der Waals surface area contributed by atoms with Crippen molar-refractivity contribution in [1.29, 1.82) is 0 Å². The Morgan fingerprint density at radius 1 is 1.26 bits per heavy atom. The fraction of sp³-hybridized carbons (Fsp3) is 0.278. The average molecular weight is 379 g/mol. The van der Waals surface area contributed by atoms with Crippen LogP contribution in [0.15, 0.2) is 42.5 Å². The maximum absolute atomic E-state index is 12.2. The number of ether oxygens (including phenoxy) is 1. The molecule has 1 amide bonds. The molecule has 2 rings (SSSR count). The van der Waals surface area contributed by atoms with Gasteiger partial charge in [-0.15, -0.1) is 0 Å². The van der Waals surface area contributed by atoms with E-state index in [9.17, 15) is 23.7 Å². The molecule has 0 unspecified atom stereocenters. The van der Waals surface area contributed by atoms with Gasteiger partial charge in [-0.05, 0) is 37.7 Å². The highest BCUT2D eigenvalue weighted by Gasteiger charge is 2.15. The normalized spacial score (nSPS) is 10.9. The van der Waals surface area contributed by atoms with Gasteiger partial charge in [0.05, 0.1) is 22.7 Å². The standard InChI is InChI=1S/C18H19F2N3O4/c1-12-15(4-3-5-16(12)23(25)26)21-17(24)11-22(2)10-13-6-8-14(9-7-13)27-18(19)20/h3-9,18H,10-11H2,1-2H3,(H,21,24). The van der Waals surface area contributed by atoms with Crippen LogP contribution in [0.25, 0.3) is 0 Å². The van der Waals surface area contributed by atoms with E-state index in [1.165, 1.54) is 24.3 Å². The molecule has 1 N–H and O–H groups in total. The van der Waals surface area contributed by atoms with Crippen molar-refractivity contribution in [2.75, 3.05) is 18.9 Å². The summed E-state index contributed by atoms with van der Waals surface area (Å²) in [5, 5.41) is 13.6. The largest absolute Gasteiger partial charge is 0.435 e. The van der Waals surface area contributed by atoms with Crippen LogP contribution in [0.2, 0.25) is 0 Å². The first kappa shape index (κ1) is 20.2. The fourth-order valence-corrected chi connectivity index (χ4v) is 2.54. The first-order valence-electron chi connectivity index (χ1n) is 8.02. The van der Waals surface area contributed by atoms with E-state index >= 15 is 0 Å². The van der Waals surface area contributed by atoms with E-state index in [-0.39, 0.29) is 23.9 Å². The van der Waals surface area contributed by atoms with Gasteiger partial charge in [0, 0.05) is 12.6 Å². The van der Waals surface area contributed by atoms with Crippen LogP contribution in [0.1, 0.15) is 11.1 Å². The molecule has 0 aliphatic rings. The maximum atomic E-state index is 12.2. The SMILES string of the molecule is Cc1c(NC(=O)CN(C)Cc2ccc(OC(F)F)cc2)cccc1[N+](=O)[O-]. The highest BCUT2D eigenvalue weighted by molar-refractivity contribution is 5.93. The number of hydrogen-bond donors (Lipinski definition) is 1. The van der Waals surface area contributed by atoms with Crippen molar-refractivity contribution < 1.29 is 23.2 Å². The Labute approximate surface area is 154 Å². The number of nitrogens with one attached hydrogen (secondary N) is 1. The van der Waals surface area contributed by atoms with Gasteiger partial charge in [0.2, 0.25) is 5.91 Å². The molecule has 0 aliphatic carbocycles. The lowest BCUT2D eigenvalue weighted by atomic mass is 10.1. The van der Waals surface area contributed by atoms with Gasteiger partial charge in [-0.1, -0.05) is 18.2 Å². The number of hydrogen-bond acceptors (Lipinski definition) is 5. The lowest BCUT2D eigenvalue weighted by Gasteiger charge is -2.17. The molecule has 144 valence electrons. The zero-order valence-electron chi connectivity index (χ0n) is 14.8. The molecule has 0 aliphatic heterocycles. The average Bonchev–Trinajstić information content (AvgIpc) is 2.57. The molecule has 0 fully saturated rings. The van der Waals surface area contributed by atoms with E-state index in [0.29, 0.717) is 17.8 Å². The van der Waals surface area contributed by atoms with Crippen LogP contribution in [-0.4, -0.2) is 35.9 Å². The molecule has 0 saturated carbocycles. The summed E-state index contributed by atoms with van der Waals surface area (Å²) in [4.78, 5) is 24.4. The molecule has 2 aromatic rings. The number of anilines is 1. The van der Waals surface area contributed by atoms with Crippen molar-refractivity contribution in [3.8, 4) is 5.75 Å². The van der Waals surface area contributed by atoms with Gasteiger partial charge in [0.1, 0.15) is 5.75 Å². The minimum atomic E-state index is -2.88. The zero-order chi connectivity index (χ0) is 20.0. The summed E-state index contributed by atoms with van der Waals surface area (Å²) in [6.07, 6.45) is 0. The summed E-state index contributed by atoms with van der Waals surface area (Å²) in [7, 11) is 1.73. The van der Waals surface area contributed by atoms with Crippen LogP contribution in [0, 0.1) is 17.0 Å². The summed E-state index contributed by atoms with van der Waals surface area (Å²) < 4.78 is 28.6. The van der Waals surface area contributed by atoms with E-state index in [1.54, 1.807) is 37.1 Å². The molecule has 27 heavy (non-hydrogen) atoms. The summed E-state index contributed by atoms with van der Waals surface area (Å²) in [6.45, 7) is -0.840. The fourth-order valence-electron chi connectivity index (χ4n) is 2.54. The number of benzene rings is 2. The number of halogens is 2. The van der Waals surface area contributed by atoms with Crippen LogP contribution < -0.4 is 10.1 Å². The Morgan fingerprint density at radius 2 is 1.93 bits per heavy atom. The van der Waals surface area contributed by atoms with Crippen molar-refractivity contribution in [2.45, 2.75) is 20.1 Å². The minimum Gasteiger partial charge on any atom is -0.435 e. The number of nitrogens with zero attached hydrogens (tertiary/aromatic N) is 2. The lowest BCUT2D eigenvalue weighted by Crippen LogP contribution is -2.30. The monoisotopic (exact) mass is 379 g/mol. The van der Waals surface area contributed by atoms with Gasteiger partial charge in [0.15, 0.2) is 0 Å². The number of amides is 1. The van der Waals surface area contributed by atoms with E-state index in [0.717, 1.165) is 5.56 Å². The third kappa shape index (κ3) is 6.00. The summed E-state index contributed by atoms with van der Waals surface area (Å²) in [5.41, 5.74) is 1.52. The minimum absolute atomic E-state index is 0.0530. The van der Waals surface area contributed by atoms with E-state index < -0.39 is 11.5 Å². The highest BCUT2D eigenvalue weighted by Crippen LogP contribution is 2.25. The molecule has 0 atom stereocenters. The molecule has 9 heteroatoms. The predicted octanol–water partition coefficient (Wildman–Crippen LogP) is 3.58. The molecule has 7 nitrogen and oxygen atoms in total. The van der Waals surface area contributed by atoms with Gasteiger partial charge in [-0.3, -0.25) is 19.8 Å². The molecule has 0 heterocycles. The first-order chi connectivity index (χ1) is 12.8. The number of carbonyl (C=O) groups excluding carboxylic acids is 1. The Kier molecular flexibility index (Phi) is 6.78. The molecule has 0 bridgehead atoms. The van der Waals surface area contributed by atoms with Gasteiger partial charge in [-0.25, -0.2) is 0 Å². The van der Waals surface area contributed by atoms with Crippen LogP contribution in [0.5, 0.6) is 5.75 Å². The van der Waals surface area contributed by atoms with Gasteiger partial charge in [-0.2, -0.15) is 8.78 Å². The molecule has 0 aromatic heterocycles. The van der Waals surface area contributed by atoms with Gasteiger partial charge >= 0.3 is 6.61 Å². The molecule has 0 radical (unpaired) electrons. The zero-order valence-corrected chi connectivity index (χ0v) is 14.8. The predicted molar refractivity (Wildman–Crippen MR) is 95.9 cm³/mol. The number of nitro benzene ring substituents is 1. The number of likely N-dealkylation sites (N-methyl/N-ethyl adjacent to an activating group) is 1. The smallest absolute Gasteiger partial charge is 0.387 e. The Morgan fingerprint density at radius 3 is 2.52 bits per heavy atom. The van der Waals surface area contributed by atoms with Crippen LogP contribution in [0.4, 0.5) is 20.2 Å². The second-order valence-corrected chi connectivity index (χ2v) is 5.95. The van der Waals surface area contributed by atoms with Crippen LogP contribution >= 0.6 is 0 Å². The number of rotatable bonds is 8. The van der Waals surface area contributed by atoms with Crippen LogP contribution in [-0.2, 0) is 11.3 Å². The van der Waals surface area contributed by atoms with Crippen molar-refractivity contribution in [3.63, 3.8) is 0 Å². The number of carbonyl (C=O) groups is 1. The van der Waals surface area contributed by atoms with Gasteiger partial charge in [0.25, 0.3) is 5.69 Å². The molecule has 0 saturated heterocycles. The Hall–Kier alpha value is -3.07. The maximum Gasteiger partial charge on any atom is 0.387 e. The van der Waals surface area contributed by atoms with E-state index in [4.69, 9.17) is 0 Å². The van der Waals surface area contributed by atoms with E-state index in [2.05, 4.69) is 10.1 Å². The van der Waals surface area contributed by atoms with Crippen molar-refractivity contribution in [1.82, 2.24) is 4.90 Å². The first-order valence-corrected chi connectivity index (χ1v) is 8.02. The molecule has 2 aromatic carbocycles. The topological polar surface area (TPSA) is 84.7 Å². The third-order valence-electron chi connectivity index (χ3n) is 3.79. The second kappa shape index (κ2) is 9.04. The van der Waals surface area contributed by atoms with Crippen molar-refractivity contribution in [3.05, 3.63) is 63.7 Å². The Balaban J connectivity index is 1.92. The summed E-state index contributed by atoms with van der Waals surface area (Å²) in [6, 6.07) is 10.6. The van der Waals surface area contributed by atoms with Gasteiger partial charge < -0.3 is 10.1 Å². The number of alkyl halides is 2. The number of nitro groups is 1. The third-order valence-corrected chi connectivity index (χ3v) is 3.79. The van der Waals surface area contributed by atoms with E-state index in [1.807, 2.05) is 0 Å². The molecular weight excluding hydrogens is 360 g/mol. The molecule has 0 spiro atoms. The van der Waals surface area contributed by atoms with Crippen molar-refractivity contribution in [2.24, 2.45) is 0 Å². The summed E-state index contributed by atoms with van der Waals surface area (Å²) >= 11 is 0. The Bertz CT molecular complexity index is 813.